The van der Waals surface area contributed by atoms with Crippen molar-refractivity contribution in [3.63, 3.8) is 0 Å². The van der Waals surface area contributed by atoms with Gasteiger partial charge in [0.25, 0.3) is 0 Å². The highest BCUT2D eigenvalue weighted by Gasteiger charge is 2.20. The van der Waals surface area contributed by atoms with Crippen LogP contribution < -0.4 is 9.46 Å². The molecule has 1 aromatic carbocycles. The van der Waals surface area contributed by atoms with Crippen molar-refractivity contribution < 1.29 is 32.5 Å². The van der Waals surface area contributed by atoms with E-state index in [-0.39, 0.29) is 0 Å². The maximum atomic E-state index is 12.2. The van der Waals surface area contributed by atoms with Gasteiger partial charge in [-0.15, -0.1) is 0 Å². The quantitative estimate of drug-likeness (QED) is 0.354. The molecular weight excluding hydrogens is 412 g/mol. The minimum Gasteiger partial charge on any atom is -0.491 e. The van der Waals surface area contributed by atoms with Crippen LogP contribution in [0.5, 0.6) is 5.75 Å². The number of rotatable bonds is 13. The average molecular weight is 447 g/mol. The Labute approximate surface area is 181 Å². The Kier molecular flexibility index (Phi) is 11.9. The zero-order valence-corrected chi connectivity index (χ0v) is 19.3. The Bertz CT molecular complexity index is 680. The van der Waals surface area contributed by atoms with Crippen molar-refractivity contribution in [1.29, 1.82) is 0 Å². The lowest BCUT2D eigenvalue weighted by Crippen LogP contribution is -2.34. The smallest absolute Gasteiger partial charge is 0.410 e. The molecule has 0 aliphatic rings. The summed E-state index contributed by atoms with van der Waals surface area (Å²) in [5, 5.41) is 0. The van der Waals surface area contributed by atoms with Crippen LogP contribution in [-0.2, 0) is 32.0 Å². The second kappa shape index (κ2) is 13.6. The summed E-state index contributed by atoms with van der Waals surface area (Å²) in [7, 11) is 1.69. The van der Waals surface area contributed by atoms with Gasteiger partial charge in [0, 0.05) is 19.2 Å². The Hall–Kier alpha value is -1.72. The molecule has 0 aliphatic heterocycles. The molecule has 0 saturated carbocycles. The van der Waals surface area contributed by atoms with Crippen molar-refractivity contribution >= 4 is 17.4 Å². The zero-order chi connectivity index (χ0) is 22.6. The molecular formula is C20H34N2O7S. The molecule has 0 saturated heterocycles. The SMILES string of the molecule is Cc1cccc(CN(C)C(=O)OC(C)(C)C)c1OCCOCCOCCNS(=O)O. The minimum atomic E-state index is -2.02. The van der Waals surface area contributed by atoms with Crippen LogP contribution in [0.25, 0.3) is 0 Å². The van der Waals surface area contributed by atoms with Crippen LogP contribution in [0.4, 0.5) is 4.79 Å². The van der Waals surface area contributed by atoms with Crippen LogP contribution in [0.2, 0.25) is 0 Å². The number of nitrogens with one attached hydrogen (secondary N) is 1. The van der Waals surface area contributed by atoms with E-state index in [1.807, 2.05) is 45.9 Å². The van der Waals surface area contributed by atoms with Crippen LogP contribution in [0.1, 0.15) is 31.9 Å². The van der Waals surface area contributed by atoms with Crippen LogP contribution >= 0.6 is 0 Å². The summed E-state index contributed by atoms with van der Waals surface area (Å²) in [5.41, 5.74) is 1.31. The fraction of sp³-hybridized carbons (Fsp3) is 0.650. The zero-order valence-electron chi connectivity index (χ0n) is 18.4. The summed E-state index contributed by atoms with van der Waals surface area (Å²) in [6.45, 7) is 9.96. The van der Waals surface area contributed by atoms with Gasteiger partial charge in [-0.3, -0.25) is 4.55 Å². The number of aryl methyl sites for hydroxylation is 1. The minimum absolute atomic E-state index is 0.292. The van der Waals surface area contributed by atoms with Crippen molar-refractivity contribution in [2.24, 2.45) is 0 Å². The van der Waals surface area contributed by atoms with Gasteiger partial charge in [0.2, 0.25) is 11.3 Å². The van der Waals surface area contributed by atoms with Crippen LogP contribution in [0, 0.1) is 6.92 Å². The van der Waals surface area contributed by atoms with Gasteiger partial charge in [0.05, 0.1) is 33.0 Å². The second-order valence-electron chi connectivity index (χ2n) is 7.62. The number of ether oxygens (including phenoxy) is 4. The topological polar surface area (TPSA) is 107 Å². The summed E-state index contributed by atoms with van der Waals surface area (Å²) < 4.78 is 43.3. The maximum Gasteiger partial charge on any atom is 0.410 e. The van der Waals surface area contributed by atoms with Crippen molar-refractivity contribution in [2.75, 3.05) is 46.6 Å². The molecule has 1 rings (SSSR count). The number of amides is 1. The second-order valence-corrected chi connectivity index (χ2v) is 8.40. The number of benzene rings is 1. The first-order chi connectivity index (χ1) is 14.1. The normalized spacial score (nSPS) is 12.5. The van der Waals surface area contributed by atoms with E-state index >= 15 is 0 Å². The molecule has 2 N–H and O–H groups in total. The molecule has 1 aromatic rings. The van der Waals surface area contributed by atoms with E-state index in [2.05, 4.69) is 4.72 Å². The summed E-state index contributed by atoms with van der Waals surface area (Å²) in [6.07, 6.45) is -0.390. The lowest BCUT2D eigenvalue weighted by Gasteiger charge is -2.25. The van der Waals surface area contributed by atoms with E-state index in [0.29, 0.717) is 46.1 Å². The molecule has 9 nitrogen and oxygen atoms in total. The van der Waals surface area contributed by atoms with Crippen LogP contribution in [0.3, 0.4) is 0 Å². The maximum absolute atomic E-state index is 12.2. The summed E-state index contributed by atoms with van der Waals surface area (Å²) in [4.78, 5) is 13.7. The standard InChI is InChI=1S/C20H34N2O7S/c1-16-7-6-8-17(15-22(5)19(23)29-20(2,3)4)18(16)28-14-13-27-12-11-26-10-9-21-30(24)25/h6-8,21H,9-15H2,1-5H3,(H,24,25). The Morgan fingerprint density at radius 3 is 2.40 bits per heavy atom. The highest BCUT2D eigenvalue weighted by atomic mass is 32.2. The van der Waals surface area contributed by atoms with E-state index < -0.39 is 23.0 Å². The van der Waals surface area contributed by atoms with Gasteiger partial charge >= 0.3 is 6.09 Å². The van der Waals surface area contributed by atoms with Gasteiger partial charge in [-0.2, -0.15) is 0 Å². The molecule has 0 spiro atoms. The van der Waals surface area contributed by atoms with Crippen LogP contribution in [0.15, 0.2) is 18.2 Å². The molecule has 10 heteroatoms. The monoisotopic (exact) mass is 446 g/mol. The van der Waals surface area contributed by atoms with E-state index in [4.69, 9.17) is 23.5 Å². The highest BCUT2D eigenvalue weighted by molar-refractivity contribution is 7.77. The molecule has 30 heavy (non-hydrogen) atoms. The predicted octanol–water partition coefficient (Wildman–Crippen LogP) is 2.50. The Balaban J connectivity index is 2.39. The van der Waals surface area contributed by atoms with Gasteiger partial charge in [-0.25, -0.2) is 13.7 Å². The molecule has 0 heterocycles. The third-order valence-corrected chi connectivity index (χ3v) is 4.18. The summed E-state index contributed by atoms with van der Waals surface area (Å²) in [6, 6.07) is 5.80. The molecule has 0 aromatic heterocycles. The number of carbonyl (C=O) groups is 1. The first kappa shape index (κ1) is 26.3. The van der Waals surface area contributed by atoms with Gasteiger partial charge in [-0.05, 0) is 33.3 Å². The van der Waals surface area contributed by atoms with E-state index in [1.165, 1.54) is 4.90 Å². The Morgan fingerprint density at radius 1 is 1.13 bits per heavy atom. The molecule has 0 aliphatic carbocycles. The van der Waals surface area contributed by atoms with Crippen molar-refractivity contribution in [3.8, 4) is 5.75 Å². The average Bonchev–Trinajstić information content (AvgIpc) is 2.63. The van der Waals surface area contributed by atoms with Crippen molar-refractivity contribution in [1.82, 2.24) is 9.62 Å². The van der Waals surface area contributed by atoms with Crippen molar-refractivity contribution in [3.05, 3.63) is 29.3 Å². The fourth-order valence-electron chi connectivity index (χ4n) is 2.43. The van der Waals surface area contributed by atoms with Gasteiger partial charge in [0.1, 0.15) is 18.0 Å². The molecule has 0 radical (unpaired) electrons. The third-order valence-electron chi connectivity index (χ3n) is 3.72. The molecule has 1 atom stereocenters. The third kappa shape index (κ3) is 11.5. The van der Waals surface area contributed by atoms with Gasteiger partial charge in [0.15, 0.2) is 0 Å². The van der Waals surface area contributed by atoms with Crippen molar-refractivity contribution in [2.45, 2.75) is 39.8 Å². The van der Waals surface area contributed by atoms with E-state index in [0.717, 1.165) is 16.9 Å². The lowest BCUT2D eigenvalue weighted by atomic mass is 10.1. The number of hydrogen-bond donors (Lipinski definition) is 2. The molecule has 1 unspecified atom stereocenters. The summed E-state index contributed by atoms with van der Waals surface area (Å²) in [5.74, 6) is 0.732. The van der Waals surface area contributed by atoms with Crippen LogP contribution in [-0.4, -0.2) is 72.0 Å². The largest absolute Gasteiger partial charge is 0.491 e. The number of carbonyl (C=O) groups excluding carboxylic acids is 1. The highest BCUT2D eigenvalue weighted by Crippen LogP contribution is 2.25. The number of para-hydroxylation sites is 1. The van der Waals surface area contributed by atoms with E-state index in [1.54, 1.807) is 7.05 Å². The number of nitrogens with zero attached hydrogens (tertiary/aromatic N) is 1. The summed E-state index contributed by atoms with van der Waals surface area (Å²) >= 11 is -2.02. The van der Waals surface area contributed by atoms with Gasteiger partial charge < -0.3 is 23.8 Å². The lowest BCUT2D eigenvalue weighted by molar-refractivity contribution is 0.0281. The Morgan fingerprint density at radius 2 is 1.77 bits per heavy atom. The van der Waals surface area contributed by atoms with E-state index in [9.17, 15) is 9.00 Å². The van der Waals surface area contributed by atoms with Gasteiger partial charge in [-0.1, -0.05) is 18.2 Å². The first-order valence-corrected chi connectivity index (χ1v) is 10.9. The molecule has 0 bridgehead atoms. The predicted molar refractivity (Wildman–Crippen MR) is 115 cm³/mol. The number of hydrogen-bond acceptors (Lipinski definition) is 6. The molecule has 0 fully saturated rings. The molecule has 172 valence electrons. The fourth-order valence-corrected chi connectivity index (χ4v) is 2.69. The first-order valence-electron chi connectivity index (χ1n) is 9.75. The molecule has 1 amide bonds.